The van der Waals surface area contributed by atoms with Crippen molar-refractivity contribution < 1.29 is 4.79 Å². The van der Waals surface area contributed by atoms with Gasteiger partial charge in [-0.3, -0.25) is 14.9 Å². The lowest BCUT2D eigenvalue weighted by Gasteiger charge is -2.27. The molecule has 0 fully saturated rings. The number of aromatic nitrogens is 3. The molecular formula is C21H21N7O. The number of carbonyl (C=O) groups excluding carboxylic acids is 1. The number of Topliss-reactive ketones (excluding diaryl/α,β-unsaturated/α-hetero) is 1. The van der Waals surface area contributed by atoms with Crippen LogP contribution in [0.1, 0.15) is 44.8 Å². The molecular weight excluding hydrogens is 366 g/mol. The molecule has 2 unspecified atom stereocenters. The zero-order valence-electron chi connectivity index (χ0n) is 15.9. The second-order valence-corrected chi connectivity index (χ2v) is 7.22. The Balaban J connectivity index is 1.65. The molecule has 0 amide bonds. The Hall–Kier alpha value is -3.36. The summed E-state index contributed by atoms with van der Waals surface area (Å²) in [6.45, 7) is 0.954. The van der Waals surface area contributed by atoms with E-state index in [-0.39, 0.29) is 24.3 Å². The van der Waals surface area contributed by atoms with Crippen LogP contribution in [0.5, 0.6) is 0 Å². The van der Waals surface area contributed by atoms with Crippen LogP contribution in [-0.2, 0) is 6.54 Å². The topological polar surface area (TPSA) is 107 Å². The van der Waals surface area contributed by atoms with Crippen LogP contribution >= 0.6 is 0 Å². The van der Waals surface area contributed by atoms with Crippen LogP contribution < -0.4 is 16.2 Å². The minimum Gasteiger partial charge on any atom is -0.320 e. The number of hydrogen-bond donors (Lipinski definition) is 4. The largest absolute Gasteiger partial charge is 0.320 e. The van der Waals surface area contributed by atoms with E-state index in [1.807, 2.05) is 25.2 Å². The molecule has 2 atom stereocenters. The van der Waals surface area contributed by atoms with Gasteiger partial charge in [0, 0.05) is 17.7 Å². The normalized spacial score (nSPS) is 20.4. The third kappa shape index (κ3) is 3.02. The lowest BCUT2D eigenvalue weighted by Crippen LogP contribution is -2.33. The summed E-state index contributed by atoms with van der Waals surface area (Å²) >= 11 is 0. The van der Waals surface area contributed by atoms with Crippen molar-refractivity contribution >= 4 is 17.2 Å². The molecule has 1 aromatic heterocycles. The number of aromatic amines is 1. The summed E-state index contributed by atoms with van der Waals surface area (Å²) in [6.07, 6.45) is 1.50. The molecule has 5 rings (SSSR count). The molecule has 2 aromatic carbocycles. The number of hydrogen-bond acceptors (Lipinski definition) is 7. The summed E-state index contributed by atoms with van der Waals surface area (Å²) in [4.78, 5) is 21.6. The van der Waals surface area contributed by atoms with Crippen LogP contribution in [0, 0.1) is 0 Å². The summed E-state index contributed by atoms with van der Waals surface area (Å²) in [5, 5.41) is 10.2. The summed E-state index contributed by atoms with van der Waals surface area (Å²) in [5.74, 6) is 0.508. The molecule has 0 saturated carbocycles. The van der Waals surface area contributed by atoms with Crippen molar-refractivity contribution in [2.24, 2.45) is 4.99 Å². The maximum atomic E-state index is 12.5. The number of aliphatic imine (C=N–C) groups is 1. The molecule has 8 heteroatoms. The van der Waals surface area contributed by atoms with Gasteiger partial charge in [0.1, 0.15) is 18.7 Å². The van der Waals surface area contributed by atoms with E-state index in [4.69, 9.17) is 4.99 Å². The van der Waals surface area contributed by atoms with Gasteiger partial charge in [-0.15, -0.1) is 0 Å². The second kappa shape index (κ2) is 7.23. The third-order valence-corrected chi connectivity index (χ3v) is 5.45. The van der Waals surface area contributed by atoms with Gasteiger partial charge in [0.15, 0.2) is 5.78 Å². The first-order chi connectivity index (χ1) is 14.3. The average molecular weight is 387 g/mol. The number of nitrogens with one attached hydrogen (secondary N) is 4. The van der Waals surface area contributed by atoms with Crippen molar-refractivity contribution in [3.8, 4) is 0 Å². The Bertz CT molecular complexity index is 1070. The number of rotatable bonds is 4. The molecule has 0 spiro atoms. The lowest BCUT2D eigenvalue weighted by atomic mass is 9.82. The number of carbonyl (C=O) groups is 1. The van der Waals surface area contributed by atoms with Gasteiger partial charge in [0.25, 0.3) is 0 Å². The van der Waals surface area contributed by atoms with Crippen molar-refractivity contribution in [3.05, 3.63) is 76.9 Å². The molecule has 2 aliphatic heterocycles. The molecule has 3 aromatic rings. The third-order valence-electron chi connectivity index (χ3n) is 5.45. The van der Waals surface area contributed by atoms with E-state index in [0.29, 0.717) is 11.4 Å². The summed E-state index contributed by atoms with van der Waals surface area (Å²) < 4.78 is 0. The van der Waals surface area contributed by atoms with Crippen molar-refractivity contribution in [3.63, 3.8) is 0 Å². The summed E-state index contributed by atoms with van der Waals surface area (Å²) in [6, 6.07) is 14.0. The predicted molar refractivity (Wildman–Crippen MR) is 110 cm³/mol. The number of H-pyrrole nitrogens is 1. The Kier molecular flexibility index (Phi) is 4.42. The minimum atomic E-state index is -0.226. The van der Waals surface area contributed by atoms with Crippen molar-refractivity contribution in [2.45, 2.75) is 18.5 Å². The molecule has 0 radical (unpaired) electrons. The van der Waals surface area contributed by atoms with Gasteiger partial charge in [-0.25, -0.2) is 10.4 Å². The maximum Gasteiger partial charge on any atom is 0.184 e. The Morgan fingerprint density at radius 3 is 2.79 bits per heavy atom. The number of anilines is 1. The van der Waals surface area contributed by atoms with Crippen molar-refractivity contribution in [1.82, 2.24) is 25.9 Å². The summed E-state index contributed by atoms with van der Waals surface area (Å²) in [7, 11) is 1.93. The van der Waals surface area contributed by atoms with E-state index >= 15 is 0 Å². The SMILES string of the molecule is CNCc1ccc(C2NNc3cccc4c3C(=NCC4=O)C2c2ncn[nH]2)cc1. The van der Waals surface area contributed by atoms with Gasteiger partial charge in [-0.05, 0) is 24.2 Å². The van der Waals surface area contributed by atoms with E-state index < -0.39 is 0 Å². The maximum absolute atomic E-state index is 12.5. The fourth-order valence-electron chi connectivity index (χ4n) is 4.11. The van der Waals surface area contributed by atoms with Crippen LogP contribution in [0.4, 0.5) is 5.69 Å². The molecule has 146 valence electrons. The monoisotopic (exact) mass is 387 g/mol. The molecule has 0 saturated heterocycles. The second-order valence-electron chi connectivity index (χ2n) is 7.22. The summed E-state index contributed by atoms with van der Waals surface area (Å²) in [5.41, 5.74) is 12.3. The molecule has 0 aliphatic carbocycles. The minimum absolute atomic E-state index is 0.0265. The fraction of sp³-hybridized carbons (Fsp3) is 0.238. The average Bonchev–Trinajstić information content (AvgIpc) is 3.22. The highest BCUT2D eigenvalue weighted by Crippen LogP contribution is 2.39. The highest BCUT2D eigenvalue weighted by Gasteiger charge is 2.39. The number of benzene rings is 2. The van der Waals surface area contributed by atoms with Crippen LogP contribution in [0.25, 0.3) is 0 Å². The van der Waals surface area contributed by atoms with E-state index in [9.17, 15) is 4.79 Å². The Morgan fingerprint density at radius 2 is 2.03 bits per heavy atom. The zero-order chi connectivity index (χ0) is 19.8. The smallest absolute Gasteiger partial charge is 0.184 e. The van der Waals surface area contributed by atoms with E-state index in [2.05, 4.69) is 55.6 Å². The fourth-order valence-corrected chi connectivity index (χ4v) is 4.11. The van der Waals surface area contributed by atoms with Gasteiger partial charge >= 0.3 is 0 Å². The first kappa shape index (κ1) is 17.7. The Labute approximate surface area is 167 Å². The van der Waals surface area contributed by atoms with E-state index in [1.54, 1.807) is 0 Å². The van der Waals surface area contributed by atoms with Crippen molar-refractivity contribution in [2.75, 3.05) is 19.0 Å². The van der Waals surface area contributed by atoms with E-state index in [1.165, 1.54) is 11.9 Å². The molecule has 29 heavy (non-hydrogen) atoms. The molecule has 3 heterocycles. The highest BCUT2D eigenvalue weighted by molar-refractivity contribution is 6.20. The number of ketones is 1. The standard InChI is InChI=1S/C21H21N7O/c1-22-9-12-5-7-13(8-6-12)19-18(21-24-11-25-28-21)20-17-14(16(29)10-23-20)3-2-4-15(17)26-27-19/h2-8,11,18-19,22,26-27H,9-10H2,1H3,(H,24,25,28). The first-order valence-electron chi connectivity index (χ1n) is 9.57. The van der Waals surface area contributed by atoms with Gasteiger partial charge in [0.2, 0.25) is 0 Å². The zero-order valence-corrected chi connectivity index (χ0v) is 15.9. The van der Waals surface area contributed by atoms with Gasteiger partial charge < -0.3 is 10.7 Å². The number of hydrazine groups is 1. The molecule has 8 nitrogen and oxygen atoms in total. The van der Waals surface area contributed by atoms with Crippen molar-refractivity contribution in [1.29, 1.82) is 0 Å². The first-order valence-corrected chi connectivity index (χ1v) is 9.57. The van der Waals surface area contributed by atoms with Gasteiger partial charge in [-0.2, -0.15) is 5.10 Å². The molecule has 0 bridgehead atoms. The lowest BCUT2D eigenvalue weighted by molar-refractivity contribution is 0.1000. The Morgan fingerprint density at radius 1 is 1.17 bits per heavy atom. The molecule has 2 aliphatic rings. The van der Waals surface area contributed by atoms with Gasteiger partial charge in [0.05, 0.1) is 23.4 Å². The van der Waals surface area contributed by atoms with Crippen LogP contribution in [0.15, 0.2) is 53.8 Å². The quantitative estimate of drug-likeness (QED) is 0.545. The predicted octanol–water partition coefficient (Wildman–Crippen LogP) is 1.96. The van der Waals surface area contributed by atoms with Crippen LogP contribution in [-0.4, -0.2) is 40.3 Å². The molecule has 4 N–H and O–H groups in total. The number of nitrogens with zero attached hydrogens (tertiary/aromatic N) is 3. The van der Waals surface area contributed by atoms with Gasteiger partial charge in [-0.1, -0.05) is 36.4 Å². The van der Waals surface area contributed by atoms with Crippen LogP contribution in [0.3, 0.4) is 0 Å². The van der Waals surface area contributed by atoms with E-state index in [0.717, 1.165) is 29.1 Å². The highest BCUT2D eigenvalue weighted by atomic mass is 16.1. The van der Waals surface area contributed by atoms with Crippen LogP contribution in [0.2, 0.25) is 0 Å².